The summed E-state index contributed by atoms with van der Waals surface area (Å²) in [4.78, 5) is 11.4. The zero-order valence-electron chi connectivity index (χ0n) is 9.36. The van der Waals surface area contributed by atoms with Crippen LogP contribution in [0.4, 0.5) is 0 Å². The van der Waals surface area contributed by atoms with Crippen molar-refractivity contribution >= 4 is 5.97 Å². The Morgan fingerprint density at radius 1 is 1.27 bits per heavy atom. The summed E-state index contributed by atoms with van der Waals surface area (Å²) >= 11 is 0. The van der Waals surface area contributed by atoms with Gasteiger partial charge in [-0.05, 0) is 20.8 Å². The summed E-state index contributed by atoms with van der Waals surface area (Å²) in [6.45, 7) is 6.11. The summed E-state index contributed by atoms with van der Waals surface area (Å²) in [7, 11) is 0. The van der Waals surface area contributed by atoms with E-state index in [1.165, 1.54) is 6.26 Å². The first-order valence-electron chi connectivity index (χ1n) is 4.95. The number of carbonyl (C=O) groups excluding carboxylic acids is 1. The van der Waals surface area contributed by atoms with Gasteiger partial charge in [-0.2, -0.15) is 0 Å². The molecule has 0 fully saturated rings. The van der Waals surface area contributed by atoms with E-state index in [9.17, 15) is 9.90 Å². The minimum Gasteiger partial charge on any atom is -0.501 e. The van der Waals surface area contributed by atoms with Gasteiger partial charge in [0, 0.05) is 6.61 Å². The van der Waals surface area contributed by atoms with Gasteiger partial charge in [0.15, 0.2) is 6.29 Å². The van der Waals surface area contributed by atoms with E-state index in [1.807, 2.05) is 0 Å². The predicted octanol–water partition coefficient (Wildman–Crippen LogP) is 0.825. The van der Waals surface area contributed by atoms with E-state index in [-0.39, 0.29) is 12.2 Å². The van der Waals surface area contributed by atoms with E-state index in [0.717, 1.165) is 0 Å². The third-order valence-corrected chi connectivity index (χ3v) is 1.48. The lowest BCUT2D eigenvalue weighted by Gasteiger charge is -2.13. The second-order valence-electron chi connectivity index (χ2n) is 2.56. The van der Waals surface area contributed by atoms with E-state index < -0.39 is 12.3 Å². The van der Waals surface area contributed by atoms with Crippen molar-refractivity contribution < 1.29 is 24.1 Å². The number of hydrogen-bond acceptors (Lipinski definition) is 5. The normalized spacial score (nSPS) is 13.5. The molecule has 0 heterocycles. The van der Waals surface area contributed by atoms with Crippen molar-refractivity contribution in [3.05, 3.63) is 11.8 Å². The van der Waals surface area contributed by atoms with E-state index in [2.05, 4.69) is 0 Å². The molecule has 0 amide bonds. The molecule has 0 aromatic heterocycles. The van der Waals surface area contributed by atoms with E-state index in [4.69, 9.17) is 14.2 Å². The molecule has 0 radical (unpaired) electrons. The lowest BCUT2D eigenvalue weighted by atomic mass is 10.3. The summed E-state index contributed by atoms with van der Waals surface area (Å²) in [5, 5.41) is 9.46. The van der Waals surface area contributed by atoms with Crippen LogP contribution in [0, 0.1) is 0 Å². The lowest BCUT2D eigenvalue weighted by molar-refractivity contribution is -0.145. The fourth-order valence-electron chi connectivity index (χ4n) is 0.842. The predicted molar refractivity (Wildman–Crippen MR) is 54.0 cm³/mol. The molecule has 1 unspecified atom stereocenters. The molecular formula is C10H18O5. The van der Waals surface area contributed by atoms with Crippen LogP contribution < -0.4 is 0 Å². The number of ether oxygens (including phenoxy) is 3. The average molecular weight is 218 g/mol. The molecule has 0 saturated heterocycles. The van der Waals surface area contributed by atoms with Crippen LogP contribution >= 0.6 is 0 Å². The second-order valence-corrected chi connectivity index (χ2v) is 2.56. The van der Waals surface area contributed by atoms with Gasteiger partial charge in [-0.15, -0.1) is 0 Å². The van der Waals surface area contributed by atoms with Gasteiger partial charge in [-0.3, -0.25) is 0 Å². The van der Waals surface area contributed by atoms with Gasteiger partial charge in [-0.1, -0.05) is 0 Å². The fraction of sp³-hybridized carbons (Fsp3) is 0.700. The number of hydrogen-bond donors (Lipinski definition) is 1. The van der Waals surface area contributed by atoms with Crippen LogP contribution in [-0.4, -0.2) is 37.2 Å². The van der Waals surface area contributed by atoms with Crippen molar-refractivity contribution in [3.63, 3.8) is 0 Å². The highest BCUT2D eigenvalue weighted by atomic mass is 16.6. The summed E-state index contributed by atoms with van der Waals surface area (Å²) < 4.78 is 14.5. The molecular weight excluding hydrogens is 200 g/mol. The Bertz CT molecular complexity index is 212. The summed E-state index contributed by atoms with van der Waals surface area (Å²) in [6.07, 6.45) is -0.140. The minimum atomic E-state index is -1.31. The highest BCUT2D eigenvalue weighted by Crippen LogP contribution is 2.07. The quantitative estimate of drug-likeness (QED) is 0.297. The molecule has 0 aliphatic carbocycles. The first kappa shape index (κ1) is 13.9. The third kappa shape index (κ3) is 5.39. The Balaban J connectivity index is 4.49. The van der Waals surface area contributed by atoms with E-state index in [0.29, 0.717) is 13.2 Å². The molecule has 0 aliphatic heterocycles. The van der Waals surface area contributed by atoms with E-state index >= 15 is 0 Å². The Hall–Kier alpha value is -1.07. The molecule has 5 heteroatoms. The molecule has 88 valence electrons. The molecule has 5 nitrogen and oxygen atoms in total. The lowest BCUT2D eigenvalue weighted by Crippen LogP contribution is -2.23. The van der Waals surface area contributed by atoms with Crippen molar-refractivity contribution in [3.8, 4) is 0 Å². The number of rotatable bonds is 7. The fourth-order valence-corrected chi connectivity index (χ4v) is 0.842. The molecule has 0 spiro atoms. The van der Waals surface area contributed by atoms with Crippen molar-refractivity contribution in [1.82, 2.24) is 0 Å². The Morgan fingerprint density at radius 2 is 1.93 bits per heavy atom. The average Bonchev–Trinajstić information content (AvgIpc) is 2.19. The van der Waals surface area contributed by atoms with Crippen LogP contribution in [0.2, 0.25) is 0 Å². The Kier molecular flexibility index (Phi) is 7.67. The molecule has 1 atom stereocenters. The highest BCUT2D eigenvalue weighted by Gasteiger charge is 2.20. The zero-order valence-corrected chi connectivity index (χ0v) is 9.36. The Morgan fingerprint density at radius 3 is 2.40 bits per heavy atom. The van der Waals surface area contributed by atoms with Gasteiger partial charge in [0.25, 0.3) is 0 Å². The van der Waals surface area contributed by atoms with Gasteiger partial charge in [0.2, 0.25) is 0 Å². The summed E-state index contributed by atoms with van der Waals surface area (Å²) in [5.74, 6) is -0.632. The Labute approximate surface area is 89.6 Å². The van der Waals surface area contributed by atoms with Crippen LogP contribution in [0.1, 0.15) is 20.8 Å². The van der Waals surface area contributed by atoms with Gasteiger partial charge in [0.05, 0.1) is 19.5 Å². The molecule has 0 aromatic rings. The number of aliphatic hydroxyl groups excluding tert-OH is 1. The number of esters is 1. The monoisotopic (exact) mass is 218 g/mol. The van der Waals surface area contributed by atoms with Crippen molar-refractivity contribution in [2.24, 2.45) is 0 Å². The zero-order chi connectivity index (χ0) is 11.7. The van der Waals surface area contributed by atoms with Gasteiger partial charge >= 0.3 is 5.97 Å². The topological polar surface area (TPSA) is 65.0 Å². The maximum Gasteiger partial charge on any atom is 0.342 e. The van der Waals surface area contributed by atoms with Crippen LogP contribution in [0.15, 0.2) is 11.8 Å². The van der Waals surface area contributed by atoms with Gasteiger partial charge in [-0.25, -0.2) is 4.79 Å². The molecule has 1 N–H and O–H groups in total. The first-order chi connectivity index (χ1) is 7.17. The molecule has 0 bridgehead atoms. The maximum absolute atomic E-state index is 11.4. The van der Waals surface area contributed by atoms with Gasteiger partial charge < -0.3 is 19.3 Å². The van der Waals surface area contributed by atoms with Crippen molar-refractivity contribution in [1.29, 1.82) is 0 Å². The van der Waals surface area contributed by atoms with Crippen LogP contribution in [-0.2, 0) is 19.0 Å². The molecule has 0 rings (SSSR count). The van der Waals surface area contributed by atoms with Crippen molar-refractivity contribution in [2.75, 3.05) is 19.8 Å². The van der Waals surface area contributed by atoms with Crippen LogP contribution in [0.25, 0.3) is 0 Å². The number of carbonyl (C=O) groups is 1. The van der Waals surface area contributed by atoms with Gasteiger partial charge in [0.1, 0.15) is 5.57 Å². The van der Waals surface area contributed by atoms with E-state index in [1.54, 1.807) is 20.8 Å². The first-order valence-corrected chi connectivity index (χ1v) is 4.95. The molecule has 15 heavy (non-hydrogen) atoms. The summed E-state index contributed by atoms with van der Waals surface area (Å²) in [5.41, 5.74) is -0.0273. The molecule has 0 aromatic carbocycles. The number of aliphatic hydroxyl groups is 1. The summed E-state index contributed by atoms with van der Waals surface area (Å²) in [6, 6.07) is 0. The van der Waals surface area contributed by atoms with Crippen LogP contribution in [0.3, 0.4) is 0 Å². The standard InChI is InChI=1S/C10H18O5/c1-4-13-7-8(9(11)14-5-2)10(12)15-6-3/h7,9,11H,4-6H2,1-3H3/b8-7-. The minimum absolute atomic E-state index is 0.0273. The molecule has 0 aliphatic rings. The smallest absolute Gasteiger partial charge is 0.342 e. The maximum atomic E-state index is 11.4. The third-order valence-electron chi connectivity index (χ3n) is 1.48. The van der Waals surface area contributed by atoms with Crippen molar-refractivity contribution in [2.45, 2.75) is 27.1 Å². The van der Waals surface area contributed by atoms with Crippen LogP contribution in [0.5, 0.6) is 0 Å². The highest BCUT2D eigenvalue weighted by molar-refractivity contribution is 5.88. The largest absolute Gasteiger partial charge is 0.501 e. The molecule has 0 saturated carbocycles. The SMILES string of the molecule is CCO/C=C(\C(=O)OCC)C(O)OCC. The second kappa shape index (κ2) is 8.26.